The number of hydrogen-bond donors (Lipinski definition) is 2. The Bertz CT molecular complexity index is 629. The van der Waals surface area contributed by atoms with Gasteiger partial charge in [0.05, 0.1) is 5.69 Å². The molecule has 2 rings (SSSR count). The molecule has 2 aromatic rings. The third-order valence-electron chi connectivity index (χ3n) is 2.89. The Balaban J connectivity index is 2.37. The highest BCUT2D eigenvalue weighted by molar-refractivity contribution is 5.64. The van der Waals surface area contributed by atoms with E-state index in [1.165, 1.54) is 12.1 Å². The third-order valence-corrected chi connectivity index (χ3v) is 2.89. The number of halogens is 2. The van der Waals surface area contributed by atoms with Crippen molar-refractivity contribution in [2.75, 3.05) is 11.1 Å². The van der Waals surface area contributed by atoms with Crippen LogP contribution in [0, 0.1) is 18.6 Å². The van der Waals surface area contributed by atoms with Gasteiger partial charge in [-0.15, -0.1) is 0 Å². The van der Waals surface area contributed by atoms with Gasteiger partial charge < -0.3 is 11.1 Å². The minimum Gasteiger partial charge on any atom is -0.383 e. The lowest BCUT2D eigenvalue weighted by atomic mass is 10.2. The SMILES string of the molecule is CCCc1nc(N)c(C)c(Nc2ccc(F)cc2F)n1. The van der Waals surface area contributed by atoms with E-state index < -0.39 is 11.6 Å². The van der Waals surface area contributed by atoms with E-state index in [-0.39, 0.29) is 5.69 Å². The lowest BCUT2D eigenvalue weighted by Crippen LogP contribution is -2.07. The van der Waals surface area contributed by atoms with Gasteiger partial charge in [0.25, 0.3) is 0 Å². The maximum Gasteiger partial charge on any atom is 0.149 e. The molecule has 20 heavy (non-hydrogen) atoms. The Morgan fingerprint density at radius 3 is 2.65 bits per heavy atom. The molecule has 0 saturated heterocycles. The highest BCUT2D eigenvalue weighted by Crippen LogP contribution is 2.24. The fourth-order valence-electron chi connectivity index (χ4n) is 1.76. The van der Waals surface area contributed by atoms with Crippen LogP contribution in [0.4, 0.5) is 26.1 Å². The first-order valence-corrected chi connectivity index (χ1v) is 6.36. The molecule has 0 aliphatic heterocycles. The van der Waals surface area contributed by atoms with E-state index in [9.17, 15) is 8.78 Å². The van der Waals surface area contributed by atoms with Crippen molar-refractivity contribution in [1.29, 1.82) is 0 Å². The molecule has 1 heterocycles. The summed E-state index contributed by atoms with van der Waals surface area (Å²) < 4.78 is 26.5. The van der Waals surface area contributed by atoms with E-state index in [0.29, 0.717) is 29.4 Å². The van der Waals surface area contributed by atoms with Gasteiger partial charge in [-0.05, 0) is 25.5 Å². The van der Waals surface area contributed by atoms with Crippen LogP contribution < -0.4 is 11.1 Å². The second-order valence-corrected chi connectivity index (χ2v) is 4.50. The van der Waals surface area contributed by atoms with Crippen LogP contribution in [0.5, 0.6) is 0 Å². The fraction of sp³-hybridized carbons (Fsp3) is 0.286. The standard InChI is InChI=1S/C14H16F2N4/c1-3-4-12-19-13(17)8(2)14(20-12)18-11-6-5-9(15)7-10(11)16/h5-7H,3-4H2,1-2H3,(H3,17,18,19,20). The number of nitrogens with zero attached hydrogens (tertiary/aromatic N) is 2. The molecule has 0 aliphatic rings. The molecule has 0 spiro atoms. The van der Waals surface area contributed by atoms with Gasteiger partial charge in [0.15, 0.2) is 0 Å². The van der Waals surface area contributed by atoms with Gasteiger partial charge in [-0.2, -0.15) is 0 Å². The van der Waals surface area contributed by atoms with E-state index in [1.54, 1.807) is 6.92 Å². The second kappa shape index (κ2) is 5.81. The van der Waals surface area contributed by atoms with E-state index in [1.807, 2.05) is 6.92 Å². The molecule has 1 aromatic carbocycles. The quantitative estimate of drug-likeness (QED) is 0.900. The summed E-state index contributed by atoms with van der Waals surface area (Å²) in [7, 11) is 0. The van der Waals surface area contributed by atoms with Crippen LogP contribution in [-0.4, -0.2) is 9.97 Å². The van der Waals surface area contributed by atoms with Gasteiger partial charge in [-0.3, -0.25) is 0 Å². The number of aryl methyl sites for hydroxylation is 1. The Kier molecular flexibility index (Phi) is 4.12. The summed E-state index contributed by atoms with van der Waals surface area (Å²) in [5.74, 6) is 0.0813. The van der Waals surface area contributed by atoms with E-state index in [2.05, 4.69) is 15.3 Å². The lowest BCUT2D eigenvalue weighted by molar-refractivity contribution is 0.586. The number of nitrogen functional groups attached to an aromatic ring is 1. The Labute approximate surface area is 116 Å². The normalized spacial score (nSPS) is 10.6. The average Bonchev–Trinajstić information content (AvgIpc) is 2.39. The van der Waals surface area contributed by atoms with Gasteiger partial charge in [0, 0.05) is 18.1 Å². The predicted molar refractivity (Wildman–Crippen MR) is 74.8 cm³/mol. The van der Waals surface area contributed by atoms with Crippen LogP contribution in [0.15, 0.2) is 18.2 Å². The Morgan fingerprint density at radius 1 is 1.25 bits per heavy atom. The molecule has 3 N–H and O–H groups in total. The second-order valence-electron chi connectivity index (χ2n) is 4.50. The largest absolute Gasteiger partial charge is 0.383 e. The molecule has 0 radical (unpaired) electrons. The number of nitrogens with two attached hydrogens (primary N) is 1. The summed E-state index contributed by atoms with van der Waals surface area (Å²) >= 11 is 0. The molecular weight excluding hydrogens is 262 g/mol. The van der Waals surface area contributed by atoms with Crippen molar-refractivity contribution >= 4 is 17.3 Å². The summed E-state index contributed by atoms with van der Waals surface area (Å²) in [4.78, 5) is 8.49. The Morgan fingerprint density at radius 2 is 2.00 bits per heavy atom. The predicted octanol–water partition coefficient (Wildman–Crippen LogP) is 3.34. The molecule has 0 bridgehead atoms. The zero-order chi connectivity index (χ0) is 14.7. The fourth-order valence-corrected chi connectivity index (χ4v) is 1.76. The summed E-state index contributed by atoms with van der Waals surface area (Å²) in [5, 5.41) is 2.83. The van der Waals surface area contributed by atoms with Crippen molar-refractivity contribution in [3.05, 3.63) is 41.2 Å². The van der Waals surface area contributed by atoms with Gasteiger partial charge in [0.2, 0.25) is 0 Å². The monoisotopic (exact) mass is 278 g/mol. The van der Waals surface area contributed by atoms with Crippen LogP contribution in [-0.2, 0) is 6.42 Å². The van der Waals surface area contributed by atoms with Crippen LogP contribution >= 0.6 is 0 Å². The van der Waals surface area contributed by atoms with Gasteiger partial charge >= 0.3 is 0 Å². The summed E-state index contributed by atoms with van der Waals surface area (Å²) in [6, 6.07) is 3.31. The summed E-state index contributed by atoms with van der Waals surface area (Å²) in [5.41, 5.74) is 6.60. The number of benzene rings is 1. The van der Waals surface area contributed by atoms with Crippen molar-refractivity contribution in [2.45, 2.75) is 26.7 Å². The van der Waals surface area contributed by atoms with Crippen LogP contribution in [0.25, 0.3) is 0 Å². The first-order valence-electron chi connectivity index (χ1n) is 6.36. The van der Waals surface area contributed by atoms with Crippen molar-refractivity contribution in [3.63, 3.8) is 0 Å². The van der Waals surface area contributed by atoms with Crippen LogP contribution in [0.2, 0.25) is 0 Å². The Hall–Kier alpha value is -2.24. The van der Waals surface area contributed by atoms with Crippen molar-refractivity contribution in [2.24, 2.45) is 0 Å². The average molecular weight is 278 g/mol. The molecule has 0 aliphatic carbocycles. The van der Waals surface area contributed by atoms with E-state index in [0.717, 1.165) is 12.5 Å². The highest BCUT2D eigenvalue weighted by atomic mass is 19.1. The topological polar surface area (TPSA) is 63.8 Å². The third kappa shape index (κ3) is 3.01. The lowest BCUT2D eigenvalue weighted by Gasteiger charge is -2.12. The molecule has 1 aromatic heterocycles. The van der Waals surface area contributed by atoms with Crippen LogP contribution in [0.3, 0.4) is 0 Å². The molecule has 0 unspecified atom stereocenters. The number of hydrogen-bond acceptors (Lipinski definition) is 4. The van der Waals surface area contributed by atoms with Gasteiger partial charge in [0.1, 0.15) is 29.1 Å². The molecule has 6 heteroatoms. The maximum atomic E-state index is 13.6. The van der Waals surface area contributed by atoms with Crippen molar-refractivity contribution in [1.82, 2.24) is 9.97 Å². The molecule has 0 saturated carbocycles. The summed E-state index contributed by atoms with van der Waals surface area (Å²) in [6.45, 7) is 3.75. The van der Waals surface area contributed by atoms with Gasteiger partial charge in [-0.25, -0.2) is 18.7 Å². The first-order chi connectivity index (χ1) is 9.51. The number of anilines is 3. The zero-order valence-corrected chi connectivity index (χ0v) is 11.4. The molecular formula is C14H16F2N4. The van der Waals surface area contributed by atoms with E-state index >= 15 is 0 Å². The van der Waals surface area contributed by atoms with Crippen LogP contribution in [0.1, 0.15) is 24.7 Å². The molecule has 0 amide bonds. The molecule has 106 valence electrons. The number of aromatic nitrogens is 2. The highest BCUT2D eigenvalue weighted by Gasteiger charge is 2.11. The van der Waals surface area contributed by atoms with Crippen molar-refractivity contribution in [3.8, 4) is 0 Å². The smallest absolute Gasteiger partial charge is 0.149 e. The number of rotatable bonds is 4. The maximum absolute atomic E-state index is 13.6. The van der Waals surface area contributed by atoms with E-state index in [4.69, 9.17) is 5.73 Å². The first kappa shape index (κ1) is 14.2. The summed E-state index contributed by atoms with van der Waals surface area (Å²) in [6.07, 6.45) is 1.57. The van der Waals surface area contributed by atoms with Crippen molar-refractivity contribution < 1.29 is 8.78 Å². The minimum atomic E-state index is -0.682. The molecule has 4 nitrogen and oxygen atoms in total. The number of nitrogens with one attached hydrogen (secondary N) is 1. The molecule has 0 atom stereocenters. The zero-order valence-electron chi connectivity index (χ0n) is 11.4. The minimum absolute atomic E-state index is 0.148. The van der Waals surface area contributed by atoms with Gasteiger partial charge in [-0.1, -0.05) is 6.92 Å². The molecule has 0 fully saturated rings.